The van der Waals surface area contributed by atoms with Gasteiger partial charge in [0.05, 0.1) is 19.1 Å². The molecule has 0 unspecified atom stereocenters. The Kier molecular flexibility index (Phi) is 95.1. The summed E-state index contributed by atoms with van der Waals surface area (Å²) in [5.74, 6) is -0.241. The summed E-state index contributed by atoms with van der Waals surface area (Å²) >= 11 is 0. The molecule has 0 amide bonds. The zero-order valence-corrected chi connectivity index (χ0v) is 28.6. The standard InChI is InChI=1S/C6H10O.C5H8O2.4C3H8O.C2H5.CH4.BrH.Mg.Ti/c1-2-3-6(7)4-5-6;1-3-4-5(6)7-2;4*1-3(2)4;1-2;;;;/h2,7H,1,3-5H2;3H,1,4H2,2H3;4*3-4H,1-2H3;1H2,2H3;1H4;1H;;/q;;;;;;-1;;;+2;/p-1. The van der Waals surface area contributed by atoms with E-state index in [4.69, 9.17) is 25.5 Å². The maximum atomic E-state index is 10.1. The van der Waals surface area contributed by atoms with Gasteiger partial charge in [-0.05, 0) is 74.7 Å². The van der Waals surface area contributed by atoms with E-state index in [0.717, 1.165) is 19.3 Å². The van der Waals surface area contributed by atoms with Gasteiger partial charge < -0.3 is 54.2 Å². The average molecular weight is 636 g/mol. The normalized spacial score (nSPS) is 10.3. The average Bonchev–Trinajstić information content (AvgIpc) is 3.33. The first kappa shape index (κ1) is 65.6. The van der Waals surface area contributed by atoms with Crippen LogP contribution >= 0.6 is 0 Å². The molecule has 0 aromatic rings. The Morgan fingerprint density at radius 1 is 0.861 bits per heavy atom. The fraction of sp³-hybridized carbons (Fsp3) is 0.769. The zero-order valence-electron chi connectivity index (χ0n) is 24.1. The number of aliphatic hydroxyl groups is 5. The van der Waals surface area contributed by atoms with Crippen molar-refractivity contribution in [2.24, 2.45) is 0 Å². The first-order valence-corrected chi connectivity index (χ1v) is 10.9. The van der Waals surface area contributed by atoms with Gasteiger partial charge in [0.25, 0.3) is 0 Å². The van der Waals surface area contributed by atoms with Crippen LogP contribution in [0.25, 0.3) is 0 Å². The van der Waals surface area contributed by atoms with Gasteiger partial charge in [-0.25, -0.2) is 0 Å². The van der Waals surface area contributed by atoms with E-state index in [9.17, 15) is 4.79 Å². The molecule has 1 aliphatic carbocycles. The quantitative estimate of drug-likeness (QED) is 0.137. The molecule has 0 bridgehead atoms. The van der Waals surface area contributed by atoms with Crippen molar-refractivity contribution in [1.29, 1.82) is 0 Å². The minimum atomic E-state index is -0.318. The van der Waals surface area contributed by atoms with Crippen LogP contribution in [0.2, 0.25) is 0 Å². The van der Waals surface area contributed by atoms with Gasteiger partial charge in [0.1, 0.15) is 0 Å². The first-order chi connectivity index (χ1) is 14.5. The van der Waals surface area contributed by atoms with Gasteiger partial charge in [-0.1, -0.05) is 19.6 Å². The van der Waals surface area contributed by atoms with Gasteiger partial charge in [0.15, 0.2) is 0 Å². The van der Waals surface area contributed by atoms with Gasteiger partial charge >= 0.3 is 29.0 Å². The van der Waals surface area contributed by atoms with E-state index >= 15 is 0 Å². The summed E-state index contributed by atoms with van der Waals surface area (Å²) in [4.78, 5) is 10.1. The molecule has 0 aliphatic heterocycles. The summed E-state index contributed by atoms with van der Waals surface area (Å²) in [6.45, 7) is 25.7. The van der Waals surface area contributed by atoms with Crippen molar-refractivity contribution in [3.8, 4) is 0 Å². The van der Waals surface area contributed by atoms with Crippen LogP contribution < -0.4 is 17.0 Å². The Labute approximate surface area is 266 Å². The molecule has 0 radical (unpaired) electrons. The topological polar surface area (TPSA) is 127 Å². The number of carbonyl (C=O) groups excluding carboxylic acids is 1. The van der Waals surface area contributed by atoms with Crippen LogP contribution in [0.3, 0.4) is 0 Å². The number of ether oxygens (including phenoxy) is 1. The van der Waals surface area contributed by atoms with E-state index in [1.807, 2.05) is 0 Å². The second-order valence-electron chi connectivity index (χ2n) is 7.66. The van der Waals surface area contributed by atoms with Crippen molar-refractivity contribution >= 4 is 29.0 Å². The van der Waals surface area contributed by atoms with Crippen molar-refractivity contribution in [2.45, 2.75) is 125 Å². The predicted octanol–water partition coefficient (Wildman–Crippen LogP) is 1.47. The summed E-state index contributed by atoms with van der Waals surface area (Å²) < 4.78 is 4.28. The molecule has 1 rings (SSSR count). The number of carbonyl (C=O) groups is 1. The van der Waals surface area contributed by atoms with Gasteiger partial charge in [-0.15, -0.1) is 13.2 Å². The Morgan fingerprint density at radius 3 is 1.14 bits per heavy atom. The number of rotatable bonds is 4. The molecule has 1 fully saturated rings. The van der Waals surface area contributed by atoms with E-state index < -0.39 is 0 Å². The Bertz CT molecular complexity index is 346. The Balaban J connectivity index is -0.0000000277. The van der Waals surface area contributed by atoms with Crippen molar-refractivity contribution in [1.82, 2.24) is 0 Å². The third-order valence-electron chi connectivity index (χ3n) is 1.89. The molecule has 0 saturated heterocycles. The molecule has 1 aliphatic rings. The third-order valence-corrected chi connectivity index (χ3v) is 1.89. The van der Waals surface area contributed by atoms with Crippen molar-refractivity contribution in [3.05, 3.63) is 32.2 Å². The molecule has 0 heterocycles. The van der Waals surface area contributed by atoms with Crippen LogP contribution in [0.1, 0.15) is 95.4 Å². The molecule has 0 atom stereocenters. The van der Waals surface area contributed by atoms with Gasteiger partial charge in [0.2, 0.25) is 0 Å². The van der Waals surface area contributed by atoms with Gasteiger partial charge in [-0.3, -0.25) is 4.79 Å². The molecule has 218 valence electrons. The van der Waals surface area contributed by atoms with Crippen LogP contribution in [0, 0.1) is 6.92 Å². The number of esters is 1. The Morgan fingerprint density at radius 2 is 1.08 bits per heavy atom. The molecule has 0 aromatic carbocycles. The second-order valence-corrected chi connectivity index (χ2v) is 7.66. The smallest absolute Gasteiger partial charge is 1.00 e. The fourth-order valence-corrected chi connectivity index (χ4v) is 0.818. The molecule has 0 spiro atoms. The summed E-state index contributed by atoms with van der Waals surface area (Å²) in [5.41, 5.74) is -0.318. The molecule has 7 nitrogen and oxygen atoms in total. The molecular weight excluding hydrogens is 576 g/mol. The van der Waals surface area contributed by atoms with Crippen LogP contribution in [0.4, 0.5) is 0 Å². The molecule has 36 heavy (non-hydrogen) atoms. The fourth-order valence-electron chi connectivity index (χ4n) is 0.818. The van der Waals surface area contributed by atoms with Crippen LogP contribution in [-0.4, -0.2) is 91.7 Å². The summed E-state index contributed by atoms with van der Waals surface area (Å²) in [6, 6.07) is 0. The summed E-state index contributed by atoms with van der Waals surface area (Å²) in [6.07, 6.45) is 5.63. The molecule has 10 heteroatoms. The van der Waals surface area contributed by atoms with Crippen LogP contribution in [-0.2, 0) is 31.2 Å². The summed E-state index contributed by atoms with van der Waals surface area (Å²) in [7, 11) is 1.35. The molecule has 5 N–H and O–H groups in total. The number of methoxy groups -OCH3 is 1. The van der Waals surface area contributed by atoms with E-state index in [1.54, 1.807) is 68.4 Å². The SMILES string of the molecule is C.C=CCC(=O)OC.C=CCC1(O)CC1.CC(C)O.CC(C)O.CC(C)O.CC(C)O.[Br-].[CH2-]C.[Mg+2].[Ti]. The van der Waals surface area contributed by atoms with E-state index in [1.165, 1.54) is 13.2 Å². The maximum absolute atomic E-state index is 10.1. The number of hydrogen-bond donors (Lipinski definition) is 5. The number of aliphatic hydroxyl groups excluding tert-OH is 4. The number of halogens is 1. The Hall–Kier alpha value is 0.711. The predicted molar refractivity (Wildman–Crippen MR) is 149 cm³/mol. The van der Waals surface area contributed by atoms with Crippen molar-refractivity contribution in [3.63, 3.8) is 0 Å². The maximum Gasteiger partial charge on any atom is 2.00 e. The monoisotopic (exact) mass is 634 g/mol. The minimum absolute atomic E-state index is 0. The molecule has 0 aromatic heterocycles. The van der Waals surface area contributed by atoms with Gasteiger partial charge in [0, 0.05) is 46.1 Å². The minimum Gasteiger partial charge on any atom is -1.00 e. The third kappa shape index (κ3) is 182. The summed E-state index contributed by atoms with van der Waals surface area (Å²) in [5, 5.41) is 41.3. The van der Waals surface area contributed by atoms with Crippen molar-refractivity contribution in [2.75, 3.05) is 7.11 Å². The van der Waals surface area contributed by atoms with E-state index in [2.05, 4.69) is 24.8 Å². The van der Waals surface area contributed by atoms with Gasteiger partial charge in [-0.2, -0.15) is 6.92 Å². The van der Waals surface area contributed by atoms with E-state index in [0.29, 0.717) is 6.42 Å². The largest absolute Gasteiger partial charge is 2.00 e. The van der Waals surface area contributed by atoms with E-state index in [-0.39, 0.29) is 105 Å². The molecular formula is C26H59BrMgO7Ti. The van der Waals surface area contributed by atoms with Crippen molar-refractivity contribution < 1.29 is 73.8 Å². The molecule has 1 saturated carbocycles. The van der Waals surface area contributed by atoms with Crippen LogP contribution in [0.15, 0.2) is 25.3 Å². The second kappa shape index (κ2) is 52.2. The zero-order chi connectivity index (χ0) is 27.3. The first-order valence-electron chi connectivity index (χ1n) is 10.9. The number of hydrogen-bond acceptors (Lipinski definition) is 7. The van der Waals surface area contributed by atoms with Crippen LogP contribution in [0.5, 0.6) is 0 Å².